The third kappa shape index (κ3) is 2.85. The van der Waals surface area contributed by atoms with E-state index < -0.39 is 0 Å². The van der Waals surface area contributed by atoms with E-state index in [4.69, 9.17) is 10.5 Å². The van der Waals surface area contributed by atoms with Gasteiger partial charge in [0.2, 0.25) is 11.8 Å². The quantitative estimate of drug-likeness (QED) is 0.727. The summed E-state index contributed by atoms with van der Waals surface area (Å²) < 4.78 is 5.64. The van der Waals surface area contributed by atoms with Crippen molar-refractivity contribution in [1.82, 2.24) is 10.2 Å². The molecule has 0 saturated heterocycles. The molecule has 1 aliphatic rings. The predicted molar refractivity (Wildman–Crippen MR) is 104 cm³/mol. The molecule has 0 fully saturated rings. The van der Waals surface area contributed by atoms with Crippen molar-refractivity contribution in [3.63, 3.8) is 0 Å². The number of hydrogen-bond acceptors (Lipinski definition) is 4. The van der Waals surface area contributed by atoms with Crippen LogP contribution < -0.4 is 10.5 Å². The van der Waals surface area contributed by atoms with Gasteiger partial charge in [0.25, 0.3) is 0 Å². The molecule has 134 valence electrons. The number of nitrogens with two attached hydrogens (primary N) is 1. The lowest BCUT2D eigenvalue weighted by atomic mass is 9.82. The highest BCUT2D eigenvalue weighted by molar-refractivity contribution is 5.70. The van der Waals surface area contributed by atoms with E-state index in [0.29, 0.717) is 17.4 Å². The number of ether oxygens (including phenoxy) is 1. The molecule has 5 heteroatoms. The van der Waals surface area contributed by atoms with Gasteiger partial charge in [0, 0.05) is 0 Å². The normalized spacial score (nSPS) is 16.0. The zero-order valence-electron chi connectivity index (χ0n) is 15.2. The molecule has 1 aromatic heterocycles. The van der Waals surface area contributed by atoms with Gasteiger partial charge in [-0.25, -0.2) is 0 Å². The molecular formula is C22H20N4O. The van der Waals surface area contributed by atoms with Gasteiger partial charge in [-0.05, 0) is 22.6 Å². The van der Waals surface area contributed by atoms with Gasteiger partial charge in [-0.15, -0.1) is 5.10 Å². The number of H-pyrrole nitrogens is 1. The number of aromatic nitrogens is 2. The van der Waals surface area contributed by atoms with Gasteiger partial charge in [0.05, 0.1) is 17.2 Å². The number of hydrogen-bond donors (Lipinski definition) is 2. The summed E-state index contributed by atoms with van der Waals surface area (Å²) in [5, 5.41) is 17.1. The zero-order valence-corrected chi connectivity index (χ0v) is 15.2. The lowest BCUT2D eigenvalue weighted by Gasteiger charge is -2.24. The van der Waals surface area contributed by atoms with Crippen LogP contribution in [-0.4, -0.2) is 10.2 Å². The van der Waals surface area contributed by atoms with E-state index in [1.807, 2.05) is 30.3 Å². The highest BCUT2D eigenvalue weighted by atomic mass is 16.5. The van der Waals surface area contributed by atoms with Crippen LogP contribution in [0.15, 0.2) is 66.1 Å². The van der Waals surface area contributed by atoms with Crippen LogP contribution in [0.4, 0.5) is 0 Å². The van der Waals surface area contributed by atoms with Gasteiger partial charge in [0.15, 0.2) is 0 Å². The second-order valence-corrected chi connectivity index (χ2v) is 6.93. The maximum Gasteiger partial charge on any atom is 0.244 e. The van der Waals surface area contributed by atoms with Crippen molar-refractivity contribution in [2.24, 2.45) is 5.73 Å². The smallest absolute Gasteiger partial charge is 0.244 e. The molecule has 0 unspecified atom stereocenters. The fraction of sp³-hybridized carbons (Fsp3) is 0.182. The van der Waals surface area contributed by atoms with E-state index in [-0.39, 0.29) is 11.8 Å². The molecule has 3 N–H and O–H groups in total. The number of nitriles is 1. The van der Waals surface area contributed by atoms with Gasteiger partial charge >= 0.3 is 0 Å². The first-order valence-corrected chi connectivity index (χ1v) is 8.91. The summed E-state index contributed by atoms with van der Waals surface area (Å²) in [6.07, 6.45) is 0. The van der Waals surface area contributed by atoms with Crippen molar-refractivity contribution in [2.45, 2.75) is 25.7 Å². The van der Waals surface area contributed by atoms with Crippen molar-refractivity contribution in [2.75, 3.05) is 0 Å². The number of nitrogens with zero attached hydrogens (tertiary/aromatic N) is 2. The fourth-order valence-electron chi connectivity index (χ4n) is 3.48. The highest BCUT2D eigenvalue weighted by Gasteiger charge is 2.35. The largest absolute Gasteiger partial charge is 0.420 e. The number of fused-ring (bicyclic) bond motifs is 1. The summed E-state index contributed by atoms with van der Waals surface area (Å²) in [6, 6.07) is 20.4. The summed E-state index contributed by atoms with van der Waals surface area (Å²) in [5.74, 6) is 0.639. The van der Waals surface area contributed by atoms with Crippen LogP contribution >= 0.6 is 0 Å². The molecule has 0 radical (unpaired) electrons. The Morgan fingerprint density at radius 3 is 2.44 bits per heavy atom. The Morgan fingerprint density at radius 1 is 1.11 bits per heavy atom. The molecule has 1 atom stereocenters. The summed E-state index contributed by atoms with van der Waals surface area (Å²) in [6.45, 7) is 4.31. The van der Waals surface area contributed by atoms with E-state index in [9.17, 15) is 5.26 Å². The Labute approximate surface area is 158 Å². The Bertz CT molecular complexity index is 1040. The molecule has 1 aliphatic heterocycles. The van der Waals surface area contributed by atoms with Crippen molar-refractivity contribution in [3.8, 4) is 23.2 Å². The average molecular weight is 356 g/mol. The van der Waals surface area contributed by atoms with E-state index in [1.54, 1.807) is 0 Å². The van der Waals surface area contributed by atoms with Crippen molar-refractivity contribution < 1.29 is 4.74 Å². The maximum atomic E-state index is 9.76. The maximum absolute atomic E-state index is 9.76. The minimum atomic E-state index is -0.325. The van der Waals surface area contributed by atoms with E-state index in [0.717, 1.165) is 22.4 Å². The molecule has 0 spiro atoms. The standard InChI is InChI=1S/C22H20N4O/c1-13(2)14-8-10-15(11-9-14)18-17(12-23)21(24)27-22-19(18)20(25-26-22)16-6-4-3-5-7-16/h3-11,13,18H,24H2,1-2H3,(H,25,26)/t18-/m1/s1. The number of rotatable bonds is 3. The fourth-order valence-corrected chi connectivity index (χ4v) is 3.48. The van der Waals surface area contributed by atoms with Gasteiger partial charge in [-0.2, -0.15) is 5.26 Å². The Hall–Kier alpha value is -3.52. The Balaban J connectivity index is 1.90. The molecule has 0 amide bonds. The molecule has 0 bridgehead atoms. The zero-order chi connectivity index (χ0) is 19.0. The minimum absolute atomic E-state index is 0.106. The van der Waals surface area contributed by atoms with Gasteiger partial charge < -0.3 is 10.5 Å². The van der Waals surface area contributed by atoms with Gasteiger partial charge in [-0.3, -0.25) is 5.10 Å². The molecule has 0 saturated carbocycles. The Morgan fingerprint density at radius 2 is 1.81 bits per heavy atom. The molecular weight excluding hydrogens is 336 g/mol. The monoisotopic (exact) mass is 356 g/mol. The van der Waals surface area contributed by atoms with Crippen LogP contribution in [0.25, 0.3) is 11.3 Å². The summed E-state index contributed by atoms with van der Waals surface area (Å²) >= 11 is 0. The van der Waals surface area contributed by atoms with E-state index in [2.05, 4.69) is 54.4 Å². The second kappa shape index (κ2) is 6.65. The molecule has 2 aromatic carbocycles. The number of aromatic amines is 1. The molecule has 27 heavy (non-hydrogen) atoms. The summed E-state index contributed by atoms with van der Waals surface area (Å²) in [5.41, 5.74) is 11.3. The first kappa shape index (κ1) is 16.9. The van der Waals surface area contributed by atoms with Crippen molar-refractivity contribution in [3.05, 3.63) is 82.7 Å². The molecule has 3 aromatic rings. The SMILES string of the molecule is CC(C)c1ccc([C@@H]2C(C#N)=C(N)Oc3n[nH]c(-c4ccccc4)c32)cc1. The Kier molecular flexibility index (Phi) is 4.17. The van der Waals surface area contributed by atoms with Gasteiger partial charge in [0.1, 0.15) is 11.6 Å². The number of allylic oxidation sites excluding steroid dienone is 1. The lowest BCUT2D eigenvalue weighted by Crippen LogP contribution is -2.21. The summed E-state index contributed by atoms with van der Waals surface area (Å²) in [4.78, 5) is 0. The van der Waals surface area contributed by atoms with Crippen LogP contribution in [0, 0.1) is 11.3 Å². The first-order valence-electron chi connectivity index (χ1n) is 8.91. The van der Waals surface area contributed by atoms with Crippen LogP contribution in [0.3, 0.4) is 0 Å². The number of nitrogens with one attached hydrogen (secondary N) is 1. The summed E-state index contributed by atoms with van der Waals surface area (Å²) in [7, 11) is 0. The van der Waals surface area contributed by atoms with E-state index in [1.165, 1.54) is 5.56 Å². The second-order valence-electron chi connectivity index (χ2n) is 6.93. The third-order valence-electron chi connectivity index (χ3n) is 4.94. The highest BCUT2D eigenvalue weighted by Crippen LogP contribution is 2.45. The third-order valence-corrected chi connectivity index (χ3v) is 4.94. The van der Waals surface area contributed by atoms with Gasteiger partial charge in [-0.1, -0.05) is 68.4 Å². The van der Waals surface area contributed by atoms with E-state index >= 15 is 0 Å². The predicted octanol–water partition coefficient (Wildman–Crippen LogP) is 4.42. The van der Waals surface area contributed by atoms with Crippen molar-refractivity contribution >= 4 is 0 Å². The lowest BCUT2D eigenvalue weighted by molar-refractivity contribution is 0.379. The topological polar surface area (TPSA) is 87.7 Å². The molecule has 0 aliphatic carbocycles. The molecule has 5 nitrogen and oxygen atoms in total. The minimum Gasteiger partial charge on any atom is -0.420 e. The van der Waals surface area contributed by atoms with Crippen LogP contribution in [0.5, 0.6) is 5.88 Å². The molecule has 2 heterocycles. The molecule has 4 rings (SSSR count). The van der Waals surface area contributed by atoms with Crippen molar-refractivity contribution in [1.29, 1.82) is 5.26 Å². The number of benzene rings is 2. The van der Waals surface area contributed by atoms with Crippen LogP contribution in [-0.2, 0) is 0 Å². The average Bonchev–Trinajstić information content (AvgIpc) is 3.11. The van der Waals surface area contributed by atoms with Crippen LogP contribution in [0.2, 0.25) is 0 Å². The first-order chi connectivity index (χ1) is 13.1. The van der Waals surface area contributed by atoms with Crippen LogP contribution in [0.1, 0.15) is 42.4 Å².